The number of fused-ring (bicyclic) bond motifs is 1. The van der Waals surface area contributed by atoms with Crippen molar-refractivity contribution >= 4 is 38.7 Å². The number of nitrogens with zero attached hydrogens (tertiary/aromatic N) is 4. The van der Waals surface area contributed by atoms with Crippen LogP contribution in [0.4, 0.5) is 5.82 Å². The summed E-state index contributed by atoms with van der Waals surface area (Å²) in [6, 6.07) is 6.24. The molecule has 1 atom stereocenters. The zero-order chi connectivity index (χ0) is 14.8. The van der Waals surface area contributed by atoms with Gasteiger partial charge in [-0.3, -0.25) is 4.68 Å². The molecule has 22 heavy (non-hydrogen) atoms. The van der Waals surface area contributed by atoms with Crippen molar-refractivity contribution in [3.63, 3.8) is 0 Å². The predicted molar refractivity (Wildman–Crippen MR) is 90.6 cm³/mol. The highest BCUT2D eigenvalue weighted by atomic mass is 32.1. The molecule has 4 rings (SSSR count). The molecule has 5 nitrogen and oxygen atoms in total. The highest BCUT2D eigenvalue weighted by molar-refractivity contribution is 7.17. The first-order valence-corrected chi connectivity index (χ1v) is 8.67. The molecular formula is C15H13N5S2. The zero-order valence-corrected chi connectivity index (χ0v) is 13.2. The first kappa shape index (κ1) is 13.4. The van der Waals surface area contributed by atoms with Gasteiger partial charge in [0.1, 0.15) is 12.1 Å². The maximum atomic E-state index is 4.39. The monoisotopic (exact) mass is 327 g/mol. The average molecular weight is 327 g/mol. The second kappa shape index (κ2) is 5.86. The Kier molecular flexibility index (Phi) is 3.57. The summed E-state index contributed by atoms with van der Waals surface area (Å²) in [4.78, 5) is 8.65. The quantitative estimate of drug-likeness (QED) is 0.608. The van der Waals surface area contributed by atoms with Gasteiger partial charge in [0.2, 0.25) is 0 Å². The van der Waals surface area contributed by atoms with Crippen molar-refractivity contribution in [1.82, 2.24) is 19.7 Å². The second-order valence-corrected chi connectivity index (χ2v) is 6.49. The minimum absolute atomic E-state index is 0.145. The van der Waals surface area contributed by atoms with E-state index in [1.54, 1.807) is 29.0 Å². The van der Waals surface area contributed by atoms with Crippen LogP contribution in [0.5, 0.6) is 0 Å². The fourth-order valence-corrected chi connectivity index (χ4v) is 3.92. The lowest BCUT2D eigenvalue weighted by Crippen LogP contribution is -2.20. The molecular weight excluding hydrogens is 314 g/mol. The van der Waals surface area contributed by atoms with Crippen molar-refractivity contribution in [2.45, 2.75) is 6.04 Å². The third kappa shape index (κ3) is 2.49. The summed E-state index contributed by atoms with van der Waals surface area (Å²) in [5.74, 6) is 0.882. The van der Waals surface area contributed by atoms with Gasteiger partial charge in [0.15, 0.2) is 0 Å². The van der Waals surface area contributed by atoms with Crippen LogP contribution in [0.1, 0.15) is 11.6 Å². The molecule has 0 radical (unpaired) electrons. The molecule has 0 amide bonds. The summed E-state index contributed by atoms with van der Waals surface area (Å²) >= 11 is 3.35. The zero-order valence-electron chi connectivity index (χ0n) is 11.6. The standard InChI is InChI=1S/C15H13N5S2/c1-4-19-20(5-1)13(11-2-6-21-9-11)8-16-15-14-12(3-7-22-14)17-10-18-15/h1-7,9-10,13H,8H2,(H,16,17,18). The van der Waals surface area contributed by atoms with E-state index in [1.165, 1.54) is 5.56 Å². The highest BCUT2D eigenvalue weighted by Gasteiger charge is 2.15. The van der Waals surface area contributed by atoms with Gasteiger partial charge >= 0.3 is 0 Å². The molecule has 0 aliphatic heterocycles. The highest BCUT2D eigenvalue weighted by Crippen LogP contribution is 2.26. The molecule has 110 valence electrons. The summed E-state index contributed by atoms with van der Waals surface area (Å²) in [6.45, 7) is 0.725. The number of rotatable bonds is 5. The Bertz CT molecular complexity index is 817. The average Bonchev–Trinajstić information content (AvgIpc) is 3.30. The van der Waals surface area contributed by atoms with E-state index < -0.39 is 0 Å². The van der Waals surface area contributed by atoms with Gasteiger partial charge in [-0.05, 0) is 39.9 Å². The molecule has 0 saturated carbocycles. The van der Waals surface area contributed by atoms with E-state index in [0.29, 0.717) is 0 Å². The second-order valence-electron chi connectivity index (χ2n) is 4.80. The molecule has 4 heterocycles. The molecule has 0 fully saturated rings. The molecule has 0 spiro atoms. The van der Waals surface area contributed by atoms with Crippen molar-refractivity contribution in [2.24, 2.45) is 0 Å². The SMILES string of the molecule is c1cnn(C(CNc2ncnc3ccsc23)c2ccsc2)c1. The number of anilines is 1. The summed E-state index contributed by atoms with van der Waals surface area (Å²) < 4.78 is 3.06. The van der Waals surface area contributed by atoms with Crippen molar-refractivity contribution in [2.75, 3.05) is 11.9 Å². The van der Waals surface area contributed by atoms with Crippen LogP contribution in [-0.4, -0.2) is 26.3 Å². The Hall–Kier alpha value is -2.25. The van der Waals surface area contributed by atoms with Crippen LogP contribution in [0.3, 0.4) is 0 Å². The normalized spacial score (nSPS) is 12.5. The van der Waals surface area contributed by atoms with Gasteiger partial charge in [0.25, 0.3) is 0 Å². The van der Waals surface area contributed by atoms with Gasteiger partial charge in [-0.2, -0.15) is 16.4 Å². The van der Waals surface area contributed by atoms with E-state index in [9.17, 15) is 0 Å². The molecule has 1 N–H and O–H groups in total. The summed E-state index contributed by atoms with van der Waals surface area (Å²) in [7, 11) is 0. The Morgan fingerprint density at radius 3 is 3.05 bits per heavy atom. The topological polar surface area (TPSA) is 55.6 Å². The number of hydrogen-bond donors (Lipinski definition) is 1. The van der Waals surface area contributed by atoms with E-state index in [4.69, 9.17) is 0 Å². The summed E-state index contributed by atoms with van der Waals surface area (Å²) in [6.07, 6.45) is 5.40. The number of nitrogens with one attached hydrogen (secondary N) is 1. The molecule has 0 aromatic carbocycles. The maximum absolute atomic E-state index is 4.39. The molecule has 4 aromatic heterocycles. The van der Waals surface area contributed by atoms with Gasteiger partial charge in [0.05, 0.1) is 16.3 Å². The van der Waals surface area contributed by atoms with Crippen molar-refractivity contribution in [3.8, 4) is 0 Å². The van der Waals surface area contributed by atoms with Crippen LogP contribution in [0.2, 0.25) is 0 Å². The molecule has 4 aromatic rings. The van der Waals surface area contributed by atoms with Gasteiger partial charge in [-0.1, -0.05) is 0 Å². The molecule has 0 aliphatic carbocycles. The Labute approximate surface area is 135 Å². The van der Waals surface area contributed by atoms with Crippen LogP contribution >= 0.6 is 22.7 Å². The number of thiophene rings is 2. The van der Waals surface area contributed by atoms with Gasteiger partial charge in [0, 0.05) is 18.9 Å². The predicted octanol–water partition coefficient (Wildman–Crippen LogP) is 3.65. The smallest absolute Gasteiger partial charge is 0.147 e. The van der Waals surface area contributed by atoms with Gasteiger partial charge in [-0.25, -0.2) is 9.97 Å². The minimum Gasteiger partial charge on any atom is -0.366 e. The van der Waals surface area contributed by atoms with Gasteiger partial charge in [-0.15, -0.1) is 11.3 Å². The lowest BCUT2D eigenvalue weighted by atomic mass is 10.1. The lowest BCUT2D eigenvalue weighted by molar-refractivity contribution is 0.545. The first-order valence-electron chi connectivity index (χ1n) is 6.85. The third-order valence-corrected chi connectivity index (χ3v) is 5.09. The fourth-order valence-electron chi connectivity index (χ4n) is 2.40. The van der Waals surface area contributed by atoms with E-state index in [0.717, 1.165) is 22.6 Å². The van der Waals surface area contributed by atoms with E-state index in [1.807, 2.05) is 34.6 Å². The van der Waals surface area contributed by atoms with Crippen molar-refractivity contribution in [3.05, 3.63) is 58.6 Å². The van der Waals surface area contributed by atoms with E-state index in [2.05, 4.69) is 37.2 Å². The molecule has 0 aliphatic rings. The van der Waals surface area contributed by atoms with Crippen molar-refractivity contribution in [1.29, 1.82) is 0 Å². The third-order valence-electron chi connectivity index (χ3n) is 3.48. The van der Waals surface area contributed by atoms with Crippen LogP contribution in [0.15, 0.2) is 53.1 Å². The molecule has 0 saturated heterocycles. The van der Waals surface area contributed by atoms with E-state index >= 15 is 0 Å². The molecule has 0 bridgehead atoms. The summed E-state index contributed by atoms with van der Waals surface area (Å²) in [5, 5.41) is 14.1. The number of hydrogen-bond acceptors (Lipinski definition) is 6. The Balaban J connectivity index is 1.61. The number of aromatic nitrogens is 4. The fraction of sp³-hybridized carbons (Fsp3) is 0.133. The molecule has 7 heteroatoms. The van der Waals surface area contributed by atoms with Crippen LogP contribution < -0.4 is 5.32 Å². The Morgan fingerprint density at radius 1 is 1.23 bits per heavy atom. The van der Waals surface area contributed by atoms with Crippen LogP contribution in [0.25, 0.3) is 10.2 Å². The van der Waals surface area contributed by atoms with Crippen LogP contribution in [0, 0.1) is 0 Å². The van der Waals surface area contributed by atoms with Gasteiger partial charge < -0.3 is 5.32 Å². The van der Waals surface area contributed by atoms with Crippen LogP contribution in [-0.2, 0) is 0 Å². The van der Waals surface area contributed by atoms with Crippen molar-refractivity contribution < 1.29 is 0 Å². The maximum Gasteiger partial charge on any atom is 0.147 e. The summed E-state index contributed by atoms with van der Waals surface area (Å²) in [5.41, 5.74) is 2.23. The lowest BCUT2D eigenvalue weighted by Gasteiger charge is -2.18. The Morgan fingerprint density at radius 2 is 2.23 bits per heavy atom. The largest absolute Gasteiger partial charge is 0.366 e. The van der Waals surface area contributed by atoms with E-state index in [-0.39, 0.29) is 6.04 Å². The minimum atomic E-state index is 0.145. The first-order chi connectivity index (χ1) is 10.9. The molecule has 1 unspecified atom stereocenters.